The Morgan fingerprint density at radius 1 is 0.839 bits per heavy atom. The molecule has 0 aliphatic carbocycles. The van der Waals surface area contributed by atoms with Crippen LogP contribution in [0, 0.1) is 13.8 Å². The predicted molar refractivity (Wildman–Crippen MR) is 121 cm³/mol. The molecule has 158 valence electrons. The number of para-hydroxylation sites is 2. The summed E-state index contributed by atoms with van der Waals surface area (Å²) in [7, 11) is 0. The SMILES string of the molecule is Cc1cc(C)cc(N2C(=O)N(Cc3ccccc3Oc3ccccc3)C(C)(C)C2=O)c1. The van der Waals surface area contributed by atoms with Crippen LogP contribution in [0.3, 0.4) is 0 Å². The highest BCUT2D eigenvalue weighted by atomic mass is 16.5. The van der Waals surface area contributed by atoms with Crippen LogP contribution in [-0.2, 0) is 11.3 Å². The standard InChI is InChI=1S/C26H26N2O3/c1-18-14-19(2)16-21(15-18)28-24(29)26(3,4)27(25(28)30)17-20-10-8-9-13-23(20)31-22-11-6-5-7-12-22/h5-16H,17H2,1-4H3. The van der Waals surface area contributed by atoms with E-state index >= 15 is 0 Å². The molecule has 0 unspecified atom stereocenters. The first-order valence-electron chi connectivity index (χ1n) is 10.3. The number of rotatable bonds is 5. The van der Waals surface area contributed by atoms with Gasteiger partial charge in [0, 0.05) is 5.56 Å². The van der Waals surface area contributed by atoms with E-state index in [4.69, 9.17) is 4.74 Å². The van der Waals surface area contributed by atoms with Crippen molar-refractivity contribution >= 4 is 17.6 Å². The smallest absolute Gasteiger partial charge is 0.332 e. The summed E-state index contributed by atoms with van der Waals surface area (Å²) in [5, 5.41) is 0. The Hall–Kier alpha value is -3.60. The summed E-state index contributed by atoms with van der Waals surface area (Å²) in [6.45, 7) is 7.76. The molecule has 0 spiro atoms. The summed E-state index contributed by atoms with van der Waals surface area (Å²) < 4.78 is 6.06. The summed E-state index contributed by atoms with van der Waals surface area (Å²) in [6.07, 6.45) is 0. The van der Waals surface area contributed by atoms with Crippen molar-refractivity contribution in [3.8, 4) is 11.5 Å². The van der Waals surface area contributed by atoms with Gasteiger partial charge in [-0.05, 0) is 69.2 Å². The molecular formula is C26H26N2O3. The van der Waals surface area contributed by atoms with Gasteiger partial charge in [0.2, 0.25) is 0 Å². The number of anilines is 1. The number of hydrogen-bond donors (Lipinski definition) is 0. The molecule has 0 saturated carbocycles. The van der Waals surface area contributed by atoms with E-state index in [2.05, 4.69) is 0 Å². The second-order valence-corrected chi connectivity index (χ2v) is 8.44. The van der Waals surface area contributed by atoms with Crippen LogP contribution in [0.4, 0.5) is 10.5 Å². The summed E-state index contributed by atoms with van der Waals surface area (Å²) in [4.78, 5) is 29.6. The van der Waals surface area contributed by atoms with Crippen molar-refractivity contribution in [2.24, 2.45) is 0 Å². The van der Waals surface area contributed by atoms with Crippen molar-refractivity contribution < 1.29 is 14.3 Å². The molecule has 31 heavy (non-hydrogen) atoms. The summed E-state index contributed by atoms with van der Waals surface area (Å²) in [6, 6.07) is 22.5. The van der Waals surface area contributed by atoms with E-state index < -0.39 is 5.54 Å². The lowest BCUT2D eigenvalue weighted by Gasteiger charge is -2.28. The number of hydrogen-bond acceptors (Lipinski definition) is 3. The molecule has 1 aliphatic rings. The van der Waals surface area contributed by atoms with Crippen LogP contribution in [0.15, 0.2) is 72.8 Å². The predicted octanol–water partition coefficient (Wildman–Crippen LogP) is 5.84. The molecular weight excluding hydrogens is 388 g/mol. The first-order valence-corrected chi connectivity index (χ1v) is 10.3. The Bertz CT molecular complexity index is 1120. The molecule has 1 fully saturated rings. The van der Waals surface area contributed by atoms with Gasteiger partial charge in [-0.2, -0.15) is 0 Å². The van der Waals surface area contributed by atoms with E-state index in [0.717, 1.165) is 22.4 Å². The number of amides is 3. The molecule has 5 heteroatoms. The average Bonchev–Trinajstić information content (AvgIpc) is 2.89. The highest BCUT2D eigenvalue weighted by molar-refractivity contribution is 6.23. The molecule has 1 saturated heterocycles. The Morgan fingerprint density at radius 2 is 1.45 bits per heavy atom. The second kappa shape index (κ2) is 7.91. The lowest BCUT2D eigenvalue weighted by atomic mass is 10.0. The third-order valence-electron chi connectivity index (χ3n) is 5.56. The van der Waals surface area contributed by atoms with Crippen molar-refractivity contribution in [3.63, 3.8) is 0 Å². The normalized spacial score (nSPS) is 15.5. The fourth-order valence-corrected chi connectivity index (χ4v) is 3.93. The Labute approximate surface area is 182 Å². The summed E-state index contributed by atoms with van der Waals surface area (Å²) in [5.41, 5.74) is 2.48. The third kappa shape index (κ3) is 3.91. The largest absolute Gasteiger partial charge is 0.457 e. The fourth-order valence-electron chi connectivity index (χ4n) is 3.93. The molecule has 3 aromatic rings. The molecule has 0 bridgehead atoms. The van der Waals surface area contributed by atoms with E-state index in [1.807, 2.05) is 86.6 Å². The minimum absolute atomic E-state index is 0.232. The topological polar surface area (TPSA) is 49.9 Å². The van der Waals surface area contributed by atoms with Crippen LogP contribution in [0.1, 0.15) is 30.5 Å². The number of carbonyl (C=O) groups excluding carboxylic acids is 2. The Balaban J connectivity index is 1.66. The van der Waals surface area contributed by atoms with Gasteiger partial charge in [0.1, 0.15) is 17.0 Å². The van der Waals surface area contributed by atoms with Crippen LogP contribution in [0.25, 0.3) is 0 Å². The monoisotopic (exact) mass is 414 g/mol. The van der Waals surface area contributed by atoms with Gasteiger partial charge in [-0.1, -0.05) is 42.5 Å². The lowest BCUT2D eigenvalue weighted by molar-refractivity contribution is -0.123. The van der Waals surface area contributed by atoms with Crippen LogP contribution >= 0.6 is 0 Å². The minimum Gasteiger partial charge on any atom is -0.457 e. The molecule has 0 N–H and O–H groups in total. The maximum Gasteiger partial charge on any atom is 0.332 e. The molecule has 3 aromatic carbocycles. The van der Waals surface area contributed by atoms with Crippen LogP contribution in [-0.4, -0.2) is 22.4 Å². The quantitative estimate of drug-likeness (QED) is 0.493. The molecule has 0 aromatic heterocycles. The van der Waals surface area contributed by atoms with Gasteiger partial charge in [0.05, 0.1) is 12.2 Å². The van der Waals surface area contributed by atoms with Gasteiger partial charge < -0.3 is 9.64 Å². The van der Waals surface area contributed by atoms with Crippen molar-refractivity contribution in [1.29, 1.82) is 0 Å². The number of imide groups is 1. The zero-order chi connectivity index (χ0) is 22.2. The minimum atomic E-state index is -0.978. The maximum absolute atomic E-state index is 13.4. The number of urea groups is 1. The van der Waals surface area contributed by atoms with E-state index in [1.54, 1.807) is 18.7 Å². The summed E-state index contributed by atoms with van der Waals surface area (Å²) in [5.74, 6) is 1.15. The van der Waals surface area contributed by atoms with Gasteiger partial charge in [-0.3, -0.25) is 4.79 Å². The van der Waals surface area contributed by atoms with Gasteiger partial charge in [-0.25, -0.2) is 9.69 Å². The van der Waals surface area contributed by atoms with Crippen LogP contribution < -0.4 is 9.64 Å². The van der Waals surface area contributed by atoms with Crippen LogP contribution in [0.5, 0.6) is 11.5 Å². The van der Waals surface area contributed by atoms with Gasteiger partial charge in [-0.15, -0.1) is 0 Å². The number of ether oxygens (including phenoxy) is 1. The number of benzene rings is 3. The van der Waals surface area contributed by atoms with Crippen molar-refractivity contribution in [2.45, 2.75) is 39.8 Å². The molecule has 1 heterocycles. The van der Waals surface area contributed by atoms with E-state index in [1.165, 1.54) is 4.90 Å². The third-order valence-corrected chi connectivity index (χ3v) is 5.56. The molecule has 0 atom stereocenters. The highest BCUT2D eigenvalue weighted by Gasteiger charge is 2.52. The maximum atomic E-state index is 13.4. The van der Waals surface area contributed by atoms with Crippen molar-refractivity contribution in [2.75, 3.05) is 4.90 Å². The van der Waals surface area contributed by atoms with Crippen molar-refractivity contribution in [3.05, 3.63) is 89.5 Å². The van der Waals surface area contributed by atoms with E-state index in [0.29, 0.717) is 11.4 Å². The number of carbonyl (C=O) groups is 2. The number of nitrogens with zero attached hydrogens (tertiary/aromatic N) is 2. The second-order valence-electron chi connectivity index (χ2n) is 8.44. The zero-order valence-corrected chi connectivity index (χ0v) is 18.3. The molecule has 0 radical (unpaired) electrons. The number of aryl methyl sites for hydroxylation is 2. The van der Waals surface area contributed by atoms with Crippen molar-refractivity contribution in [1.82, 2.24) is 4.90 Å². The van der Waals surface area contributed by atoms with Gasteiger partial charge in [0.25, 0.3) is 5.91 Å². The summed E-state index contributed by atoms with van der Waals surface area (Å²) >= 11 is 0. The zero-order valence-electron chi connectivity index (χ0n) is 18.3. The Kier molecular flexibility index (Phi) is 5.27. The van der Waals surface area contributed by atoms with E-state index in [-0.39, 0.29) is 18.5 Å². The average molecular weight is 415 g/mol. The Morgan fingerprint density at radius 3 is 2.13 bits per heavy atom. The highest BCUT2D eigenvalue weighted by Crippen LogP contribution is 2.36. The van der Waals surface area contributed by atoms with Gasteiger partial charge in [0.15, 0.2) is 0 Å². The van der Waals surface area contributed by atoms with E-state index in [9.17, 15) is 9.59 Å². The van der Waals surface area contributed by atoms with Crippen LogP contribution in [0.2, 0.25) is 0 Å². The first-order chi connectivity index (χ1) is 14.8. The fraction of sp³-hybridized carbons (Fsp3) is 0.231. The lowest BCUT2D eigenvalue weighted by Crippen LogP contribution is -2.43. The molecule has 1 aliphatic heterocycles. The molecule has 4 rings (SSSR count). The molecule has 3 amide bonds. The molecule has 5 nitrogen and oxygen atoms in total. The van der Waals surface area contributed by atoms with Gasteiger partial charge >= 0.3 is 6.03 Å². The first kappa shape index (κ1) is 20.7.